The van der Waals surface area contributed by atoms with Crippen LogP contribution >= 0.6 is 11.8 Å². The normalized spacial score (nSPS) is 17.3. The van der Waals surface area contributed by atoms with Crippen LogP contribution in [-0.4, -0.2) is 40.8 Å². The second-order valence-electron chi connectivity index (χ2n) is 6.74. The Morgan fingerprint density at radius 3 is 2.53 bits per heavy atom. The summed E-state index contributed by atoms with van der Waals surface area (Å²) in [6.07, 6.45) is 2.67. The largest absolute Gasteiger partial charge is 0.497 e. The molecule has 1 atom stereocenters. The first-order chi connectivity index (χ1) is 14.5. The zero-order valence-corrected chi connectivity index (χ0v) is 17.9. The van der Waals surface area contributed by atoms with E-state index in [1.54, 1.807) is 18.1 Å². The number of rotatable bonds is 8. The molecule has 1 N–H and O–H groups in total. The van der Waals surface area contributed by atoms with Crippen molar-refractivity contribution < 1.29 is 14.3 Å². The van der Waals surface area contributed by atoms with Gasteiger partial charge in [0.05, 0.1) is 12.8 Å². The molecule has 3 rings (SSSR count). The van der Waals surface area contributed by atoms with Gasteiger partial charge in [0, 0.05) is 18.7 Å². The molecule has 0 unspecified atom stereocenters. The van der Waals surface area contributed by atoms with Crippen LogP contribution in [0.25, 0.3) is 0 Å². The lowest BCUT2D eigenvalue weighted by Gasteiger charge is -2.14. The number of methoxy groups -OCH3 is 1. The predicted molar refractivity (Wildman–Crippen MR) is 122 cm³/mol. The third-order valence-electron chi connectivity index (χ3n) is 4.65. The Kier molecular flexibility index (Phi) is 7.30. The maximum Gasteiger partial charge on any atom is 0.242 e. The van der Waals surface area contributed by atoms with E-state index in [1.807, 2.05) is 48.5 Å². The quantitative estimate of drug-likeness (QED) is 0.639. The van der Waals surface area contributed by atoms with E-state index < -0.39 is 5.25 Å². The minimum atomic E-state index is -0.517. The van der Waals surface area contributed by atoms with Crippen LogP contribution in [0.2, 0.25) is 0 Å². The van der Waals surface area contributed by atoms with Crippen molar-refractivity contribution in [3.8, 4) is 5.75 Å². The third-order valence-corrected chi connectivity index (χ3v) is 5.82. The molecule has 1 fully saturated rings. The van der Waals surface area contributed by atoms with Crippen LogP contribution in [0, 0.1) is 0 Å². The molecule has 0 saturated carbocycles. The number of hydrogen-bond donors (Lipinski definition) is 1. The summed E-state index contributed by atoms with van der Waals surface area (Å²) in [6, 6.07) is 15.0. The van der Waals surface area contributed by atoms with Gasteiger partial charge < -0.3 is 10.1 Å². The van der Waals surface area contributed by atoms with Gasteiger partial charge in [-0.15, -0.1) is 6.58 Å². The van der Waals surface area contributed by atoms with E-state index in [-0.39, 0.29) is 18.2 Å². The van der Waals surface area contributed by atoms with Gasteiger partial charge in [-0.3, -0.25) is 14.5 Å². The number of benzene rings is 2. The first kappa shape index (κ1) is 21.6. The van der Waals surface area contributed by atoms with Crippen molar-refractivity contribution in [2.75, 3.05) is 19.0 Å². The summed E-state index contributed by atoms with van der Waals surface area (Å²) >= 11 is 1.30. The number of amides is 2. The van der Waals surface area contributed by atoms with Crippen LogP contribution in [0.5, 0.6) is 5.75 Å². The number of aliphatic imine (C=N–C) groups is 1. The Bertz CT molecular complexity index is 939. The molecule has 1 heterocycles. The van der Waals surface area contributed by atoms with Gasteiger partial charge in [-0.2, -0.15) is 0 Å². The van der Waals surface area contributed by atoms with Crippen LogP contribution in [-0.2, 0) is 16.0 Å². The fourth-order valence-corrected chi connectivity index (χ4v) is 4.16. The molecule has 0 spiro atoms. The van der Waals surface area contributed by atoms with E-state index in [9.17, 15) is 9.59 Å². The Morgan fingerprint density at radius 2 is 1.93 bits per heavy atom. The Labute approximate surface area is 181 Å². The number of carbonyl (C=O) groups is 2. The third kappa shape index (κ3) is 5.30. The molecule has 6 nitrogen and oxygen atoms in total. The molecule has 1 aliphatic rings. The number of nitrogens with one attached hydrogen (secondary N) is 1. The van der Waals surface area contributed by atoms with Crippen molar-refractivity contribution in [3.05, 3.63) is 66.7 Å². The fourth-order valence-electron chi connectivity index (χ4n) is 2.99. The van der Waals surface area contributed by atoms with Crippen LogP contribution < -0.4 is 10.1 Å². The molecular weight excluding hydrogens is 398 g/mol. The number of amidine groups is 1. The van der Waals surface area contributed by atoms with E-state index >= 15 is 0 Å². The van der Waals surface area contributed by atoms with Crippen LogP contribution in [0.15, 0.2) is 66.2 Å². The zero-order chi connectivity index (χ0) is 21.5. The van der Waals surface area contributed by atoms with Crippen molar-refractivity contribution in [1.29, 1.82) is 0 Å². The minimum Gasteiger partial charge on any atom is -0.497 e. The number of thioether (sulfide) groups is 1. The van der Waals surface area contributed by atoms with E-state index in [1.165, 1.54) is 17.3 Å². The van der Waals surface area contributed by atoms with Gasteiger partial charge in [-0.25, -0.2) is 4.99 Å². The molecule has 2 amide bonds. The molecule has 0 bridgehead atoms. The van der Waals surface area contributed by atoms with Gasteiger partial charge in [-0.1, -0.05) is 36.9 Å². The number of nitrogens with zero attached hydrogens (tertiary/aromatic N) is 2. The monoisotopic (exact) mass is 423 g/mol. The zero-order valence-electron chi connectivity index (χ0n) is 17.1. The summed E-state index contributed by atoms with van der Waals surface area (Å²) in [5, 5.41) is 2.92. The summed E-state index contributed by atoms with van der Waals surface area (Å²) in [4.78, 5) is 31.5. The number of aryl methyl sites for hydroxylation is 1. The smallest absolute Gasteiger partial charge is 0.242 e. The van der Waals surface area contributed by atoms with Gasteiger partial charge in [0.25, 0.3) is 0 Å². The molecule has 2 aromatic rings. The summed E-state index contributed by atoms with van der Waals surface area (Å²) in [5.74, 6) is 0.400. The maximum absolute atomic E-state index is 12.8. The van der Waals surface area contributed by atoms with Gasteiger partial charge in [-0.05, 0) is 48.4 Å². The van der Waals surface area contributed by atoms with Crippen molar-refractivity contribution in [2.24, 2.45) is 4.99 Å². The topological polar surface area (TPSA) is 71.0 Å². The Balaban J connectivity index is 1.70. The van der Waals surface area contributed by atoms with Crippen molar-refractivity contribution >= 4 is 40.1 Å². The minimum absolute atomic E-state index is 0.0777. The molecule has 0 aromatic heterocycles. The van der Waals surface area contributed by atoms with Crippen LogP contribution in [0.3, 0.4) is 0 Å². The Morgan fingerprint density at radius 1 is 1.23 bits per heavy atom. The van der Waals surface area contributed by atoms with E-state index in [0.29, 0.717) is 17.4 Å². The maximum atomic E-state index is 12.8. The van der Waals surface area contributed by atoms with E-state index in [4.69, 9.17) is 4.74 Å². The average molecular weight is 424 g/mol. The highest BCUT2D eigenvalue weighted by Crippen LogP contribution is 2.32. The molecule has 30 heavy (non-hydrogen) atoms. The molecule has 156 valence electrons. The standard InChI is InChI=1S/C23H25N3O3S/c1-4-14-26-22(28)20(15-21(27)24-17-8-6-16(5-2)7-9-17)30-23(26)25-18-10-12-19(29-3)13-11-18/h4,6-13,20H,1,5,14-15H2,2-3H3,(H,24,27)/t20-/m0/s1. The highest BCUT2D eigenvalue weighted by Gasteiger charge is 2.38. The molecule has 2 aromatic carbocycles. The predicted octanol–water partition coefficient (Wildman–Crippen LogP) is 4.40. The van der Waals surface area contributed by atoms with Gasteiger partial charge in [0.1, 0.15) is 11.0 Å². The van der Waals surface area contributed by atoms with Gasteiger partial charge >= 0.3 is 0 Å². The number of anilines is 1. The van der Waals surface area contributed by atoms with Crippen LogP contribution in [0.4, 0.5) is 11.4 Å². The summed E-state index contributed by atoms with van der Waals surface area (Å²) in [5.41, 5.74) is 2.64. The molecule has 1 aliphatic heterocycles. The second-order valence-corrected chi connectivity index (χ2v) is 7.91. The highest BCUT2D eigenvalue weighted by molar-refractivity contribution is 8.15. The lowest BCUT2D eigenvalue weighted by atomic mass is 10.1. The van der Waals surface area contributed by atoms with Crippen molar-refractivity contribution in [3.63, 3.8) is 0 Å². The molecular formula is C23H25N3O3S. The van der Waals surface area contributed by atoms with E-state index in [2.05, 4.69) is 23.8 Å². The molecule has 0 aliphatic carbocycles. The summed E-state index contributed by atoms with van der Waals surface area (Å²) in [7, 11) is 1.60. The molecule has 0 radical (unpaired) electrons. The molecule has 1 saturated heterocycles. The van der Waals surface area contributed by atoms with Gasteiger partial charge in [0.2, 0.25) is 11.8 Å². The molecule has 7 heteroatoms. The second kappa shape index (κ2) is 10.1. The summed E-state index contributed by atoms with van der Waals surface area (Å²) in [6.45, 7) is 6.15. The van der Waals surface area contributed by atoms with Crippen molar-refractivity contribution in [2.45, 2.75) is 25.0 Å². The SMILES string of the molecule is C=CCN1C(=O)[C@H](CC(=O)Nc2ccc(CC)cc2)SC1=Nc1ccc(OC)cc1. The summed E-state index contributed by atoms with van der Waals surface area (Å²) < 4.78 is 5.16. The number of hydrogen-bond acceptors (Lipinski definition) is 5. The highest BCUT2D eigenvalue weighted by atomic mass is 32.2. The average Bonchev–Trinajstić information content (AvgIpc) is 3.04. The lowest BCUT2D eigenvalue weighted by Crippen LogP contribution is -2.33. The first-order valence-corrected chi connectivity index (χ1v) is 10.6. The Hall–Kier alpha value is -3.06. The van der Waals surface area contributed by atoms with Crippen molar-refractivity contribution in [1.82, 2.24) is 4.90 Å². The first-order valence-electron chi connectivity index (χ1n) is 9.74. The van der Waals surface area contributed by atoms with E-state index in [0.717, 1.165) is 17.9 Å². The van der Waals surface area contributed by atoms with Gasteiger partial charge in [0.15, 0.2) is 5.17 Å². The van der Waals surface area contributed by atoms with Crippen LogP contribution in [0.1, 0.15) is 18.9 Å². The number of carbonyl (C=O) groups excluding carboxylic acids is 2. The fraction of sp³-hybridized carbons (Fsp3) is 0.261. The number of ether oxygens (including phenoxy) is 1. The lowest BCUT2D eigenvalue weighted by molar-refractivity contribution is -0.127.